The summed E-state index contributed by atoms with van der Waals surface area (Å²) in [6.45, 7) is 6.82. The van der Waals surface area contributed by atoms with Crippen LogP contribution in [0, 0.1) is 17.0 Å². The Labute approximate surface area is 188 Å². The van der Waals surface area contributed by atoms with Crippen LogP contribution in [0.2, 0.25) is 5.02 Å². The van der Waals surface area contributed by atoms with Gasteiger partial charge in [-0.1, -0.05) is 29.0 Å². The van der Waals surface area contributed by atoms with E-state index in [2.05, 4.69) is 15.1 Å². The standard InChI is InChI=1S/C21H22ClN5O3S/c1-14-2-7-17(22)19-18(14)24-21(31-19)26-12-10-25(11-13-26)9-8-23-20(28)15-3-5-16(6-4-15)27(29)30/h2-7H,8-13H2,1H3,(H,23,28). The molecule has 1 fully saturated rings. The molecular weight excluding hydrogens is 438 g/mol. The minimum atomic E-state index is -0.481. The number of carbonyl (C=O) groups excluding carboxylic acids is 1. The summed E-state index contributed by atoms with van der Waals surface area (Å²) in [5.74, 6) is -0.227. The van der Waals surface area contributed by atoms with Gasteiger partial charge in [-0.05, 0) is 30.7 Å². The van der Waals surface area contributed by atoms with Crippen LogP contribution in [-0.2, 0) is 0 Å². The predicted octanol–water partition coefficient (Wildman–Crippen LogP) is 3.72. The van der Waals surface area contributed by atoms with Crippen molar-refractivity contribution in [3.8, 4) is 0 Å². The number of non-ortho nitro benzene ring substituents is 1. The van der Waals surface area contributed by atoms with Crippen LogP contribution >= 0.6 is 22.9 Å². The number of anilines is 1. The van der Waals surface area contributed by atoms with Crippen molar-refractivity contribution in [1.82, 2.24) is 15.2 Å². The van der Waals surface area contributed by atoms with Crippen molar-refractivity contribution in [2.24, 2.45) is 0 Å². The highest BCUT2D eigenvalue weighted by molar-refractivity contribution is 7.22. The van der Waals surface area contributed by atoms with E-state index in [4.69, 9.17) is 16.6 Å². The van der Waals surface area contributed by atoms with Crippen molar-refractivity contribution in [2.75, 3.05) is 44.2 Å². The van der Waals surface area contributed by atoms with E-state index in [-0.39, 0.29) is 11.6 Å². The normalized spacial score (nSPS) is 14.7. The van der Waals surface area contributed by atoms with E-state index in [1.54, 1.807) is 11.3 Å². The number of amides is 1. The summed E-state index contributed by atoms with van der Waals surface area (Å²) in [5, 5.41) is 15.3. The first-order valence-electron chi connectivity index (χ1n) is 9.98. The molecule has 1 N–H and O–H groups in total. The Bertz CT molecular complexity index is 1070. The minimum Gasteiger partial charge on any atom is -0.351 e. The molecule has 0 bridgehead atoms. The van der Waals surface area contributed by atoms with Crippen LogP contribution in [0.4, 0.5) is 10.8 Å². The van der Waals surface area contributed by atoms with Gasteiger partial charge in [-0.25, -0.2) is 4.98 Å². The summed E-state index contributed by atoms with van der Waals surface area (Å²) >= 11 is 7.97. The molecule has 3 aromatic rings. The van der Waals surface area contributed by atoms with Gasteiger partial charge in [0.05, 0.1) is 20.2 Å². The van der Waals surface area contributed by atoms with Gasteiger partial charge in [-0.2, -0.15) is 0 Å². The maximum atomic E-state index is 12.2. The molecular formula is C21H22ClN5O3S. The van der Waals surface area contributed by atoms with Gasteiger partial charge in [-0.15, -0.1) is 0 Å². The van der Waals surface area contributed by atoms with Gasteiger partial charge < -0.3 is 10.2 Å². The molecule has 0 atom stereocenters. The Morgan fingerprint density at radius 3 is 2.55 bits per heavy atom. The average molecular weight is 460 g/mol. The molecule has 1 saturated heterocycles. The highest BCUT2D eigenvalue weighted by Crippen LogP contribution is 2.35. The van der Waals surface area contributed by atoms with Gasteiger partial charge in [0.25, 0.3) is 11.6 Å². The van der Waals surface area contributed by atoms with E-state index in [9.17, 15) is 14.9 Å². The monoisotopic (exact) mass is 459 g/mol. The first kappa shape index (κ1) is 21.5. The Balaban J connectivity index is 1.26. The van der Waals surface area contributed by atoms with Crippen molar-refractivity contribution in [2.45, 2.75) is 6.92 Å². The maximum absolute atomic E-state index is 12.2. The zero-order valence-corrected chi connectivity index (χ0v) is 18.6. The fraction of sp³-hybridized carbons (Fsp3) is 0.333. The number of halogens is 1. The summed E-state index contributed by atoms with van der Waals surface area (Å²) < 4.78 is 1.04. The minimum absolute atomic E-state index is 0.0278. The van der Waals surface area contributed by atoms with Gasteiger partial charge in [0.2, 0.25) is 0 Å². The number of piperazine rings is 1. The molecule has 2 heterocycles. The van der Waals surface area contributed by atoms with Crippen LogP contribution in [0.15, 0.2) is 36.4 Å². The first-order valence-corrected chi connectivity index (χ1v) is 11.2. The van der Waals surface area contributed by atoms with Crippen LogP contribution in [0.5, 0.6) is 0 Å². The lowest BCUT2D eigenvalue weighted by Gasteiger charge is -2.34. The highest BCUT2D eigenvalue weighted by Gasteiger charge is 2.21. The van der Waals surface area contributed by atoms with Gasteiger partial charge in [-0.3, -0.25) is 19.8 Å². The summed E-state index contributed by atoms with van der Waals surface area (Å²) in [6.07, 6.45) is 0. The third-order valence-corrected chi connectivity index (χ3v) is 6.96. The smallest absolute Gasteiger partial charge is 0.269 e. The zero-order valence-electron chi connectivity index (χ0n) is 17.0. The number of rotatable bonds is 6. The van der Waals surface area contributed by atoms with Crippen LogP contribution < -0.4 is 10.2 Å². The second kappa shape index (κ2) is 9.17. The Morgan fingerprint density at radius 2 is 1.90 bits per heavy atom. The van der Waals surface area contributed by atoms with Crippen LogP contribution in [0.1, 0.15) is 15.9 Å². The molecule has 1 aliphatic heterocycles. The Morgan fingerprint density at radius 1 is 1.19 bits per heavy atom. The largest absolute Gasteiger partial charge is 0.351 e. The maximum Gasteiger partial charge on any atom is 0.269 e. The van der Waals surface area contributed by atoms with Gasteiger partial charge in [0.15, 0.2) is 5.13 Å². The number of thiazole rings is 1. The van der Waals surface area contributed by atoms with E-state index < -0.39 is 4.92 Å². The molecule has 1 amide bonds. The van der Waals surface area contributed by atoms with E-state index >= 15 is 0 Å². The van der Waals surface area contributed by atoms with Crippen LogP contribution in [0.3, 0.4) is 0 Å². The lowest BCUT2D eigenvalue weighted by Crippen LogP contribution is -2.48. The fourth-order valence-electron chi connectivity index (χ4n) is 3.55. The Kier molecular flexibility index (Phi) is 6.35. The number of nitro benzene ring substituents is 1. The number of nitrogens with zero attached hydrogens (tertiary/aromatic N) is 4. The molecule has 1 aromatic heterocycles. The van der Waals surface area contributed by atoms with Crippen LogP contribution in [-0.4, -0.2) is 60.0 Å². The van der Waals surface area contributed by atoms with E-state index in [0.29, 0.717) is 12.1 Å². The lowest BCUT2D eigenvalue weighted by molar-refractivity contribution is -0.384. The second-order valence-corrected chi connectivity index (χ2v) is 8.81. The molecule has 10 heteroatoms. The van der Waals surface area contributed by atoms with Gasteiger partial charge in [0, 0.05) is 57.0 Å². The molecule has 0 spiro atoms. The van der Waals surface area contributed by atoms with Gasteiger partial charge >= 0.3 is 0 Å². The van der Waals surface area contributed by atoms with Crippen molar-refractivity contribution in [3.05, 3.63) is 62.7 Å². The number of aryl methyl sites for hydroxylation is 1. The predicted molar refractivity (Wildman–Crippen MR) is 123 cm³/mol. The van der Waals surface area contributed by atoms with Crippen molar-refractivity contribution < 1.29 is 9.72 Å². The molecule has 162 valence electrons. The number of hydrogen-bond donors (Lipinski definition) is 1. The van der Waals surface area contributed by atoms with E-state index in [1.807, 2.05) is 19.1 Å². The quantitative estimate of drug-likeness (QED) is 0.446. The number of hydrogen-bond acceptors (Lipinski definition) is 7. The molecule has 0 unspecified atom stereocenters. The summed E-state index contributed by atoms with van der Waals surface area (Å²) in [7, 11) is 0. The summed E-state index contributed by atoms with van der Waals surface area (Å²) in [5.41, 5.74) is 2.49. The third-order valence-electron chi connectivity index (χ3n) is 5.38. The highest BCUT2D eigenvalue weighted by atomic mass is 35.5. The van der Waals surface area contributed by atoms with E-state index in [0.717, 1.165) is 58.7 Å². The lowest BCUT2D eigenvalue weighted by atomic mass is 10.2. The Hall–Kier alpha value is -2.75. The molecule has 2 aromatic carbocycles. The average Bonchev–Trinajstić information content (AvgIpc) is 3.24. The number of aromatic nitrogens is 1. The number of fused-ring (bicyclic) bond motifs is 1. The molecule has 0 aliphatic carbocycles. The number of nitrogens with one attached hydrogen (secondary N) is 1. The molecule has 8 nitrogen and oxygen atoms in total. The number of benzene rings is 2. The van der Waals surface area contributed by atoms with Crippen molar-refractivity contribution in [3.63, 3.8) is 0 Å². The summed E-state index contributed by atoms with van der Waals surface area (Å²) in [4.78, 5) is 31.8. The molecule has 1 aliphatic rings. The van der Waals surface area contributed by atoms with E-state index in [1.165, 1.54) is 24.3 Å². The molecule has 0 saturated carbocycles. The third kappa shape index (κ3) is 4.79. The fourth-order valence-corrected chi connectivity index (χ4v) is 4.92. The number of nitro groups is 1. The van der Waals surface area contributed by atoms with Gasteiger partial charge in [0.1, 0.15) is 0 Å². The molecule has 4 rings (SSSR count). The second-order valence-electron chi connectivity index (χ2n) is 7.43. The van der Waals surface area contributed by atoms with Crippen LogP contribution in [0.25, 0.3) is 10.2 Å². The molecule has 0 radical (unpaired) electrons. The zero-order chi connectivity index (χ0) is 22.0. The summed E-state index contributed by atoms with van der Waals surface area (Å²) in [6, 6.07) is 9.54. The van der Waals surface area contributed by atoms with Crippen molar-refractivity contribution in [1.29, 1.82) is 0 Å². The first-order chi connectivity index (χ1) is 14.9. The number of carbonyl (C=O) groups is 1. The topological polar surface area (TPSA) is 91.6 Å². The van der Waals surface area contributed by atoms with Crippen molar-refractivity contribution >= 4 is 49.9 Å². The molecule has 31 heavy (non-hydrogen) atoms. The SMILES string of the molecule is Cc1ccc(Cl)c2sc(N3CCN(CCNC(=O)c4ccc([N+](=O)[O-])cc4)CC3)nc12.